The van der Waals surface area contributed by atoms with Crippen molar-refractivity contribution in [3.63, 3.8) is 0 Å². The molecular formula is C19H17NO4. The van der Waals surface area contributed by atoms with Gasteiger partial charge in [-0.1, -0.05) is 23.8 Å². The maximum atomic E-state index is 12.6. The van der Waals surface area contributed by atoms with E-state index in [1.807, 2.05) is 32.0 Å². The van der Waals surface area contributed by atoms with Gasteiger partial charge in [-0.05, 0) is 38.1 Å². The van der Waals surface area contributed by atoms with Gasteiger partial charge in [0.15, 0.2) is 5.76 Å². The molecule has 0 aliphatic carbocycles. The number of hydrogen-bond acceptors (Lipinski definition) is 4. The molecule has 2 aromatic carbocycles. The molecule has 0 saturated heterocycles. The van der Waals surface area contributed by atoms with E-state index in [1.165, 1.54) is 7.11 Å². The third-order valence-electron chi connectivity index (χ3n) is 3.88. The number of benzene rings is 2. The van der Waals surface area contributed by atoms with Gasteiger partial charge in [0.2, 0.25) is 0 Å². The molecular weight excluding hydrogens is 306 g/mol. The smallest absolute Gasteiger partial charge is 0.339 e. The average Bonchev–Trinajstić information content (AvgIpc) is 2.91. The van der Waals surface area contributed by atoms with Crippen LogP contribution in [0.3, 0.4) is 0 Å². The number of carbonyl (C=O) groups is 2. The highest BCUT2D eigenvalue weighted by Crippen LogP contribution is 2.27. The van der Waals surface area contributed by atoms with Gasteiger partial charge in [0, 0.05) is 10.9 Å². The van der Waals surface area contributed by atoms with E-state index in [-0.39, 0.29) is 11.3 Å². The quantitative estimate of drug-likeness (QED) is 0.737. The average molecular weight is 323 g/mol. The molecule has 5 nitrogen and oxygen atoms in total. The van der Waals surface area contributed by atoms with Gasteiger partial charge < -0.3 is 14.5 Å². The normalized spacial score (nSPS) is 10.6. The van der Waals surface area contributed by atoms with Crippen LogP contribution in [0.15, 0.2) is 46.9 Å². The minimum atomic E-state index is -0.511. The van der Waals surface area contributed by atoms with Crippen LogP contribution in [-0.4, -0.2) is 19.0 Å². The predicted octanol–water partition coefficient (Wildman–Crippen LogP) is 4.09. The first-order valence-electron chi connectivity index (χ1n) is 7.49. The van der Waals surface area contributed by atoms with Crippen LogP contribution in [0.1, 0.15) is 32.0 Å². The molecule has 3 aromatic rings. The van der Waals surface area contributed by atoms with Crippen LogP contribution in [0.5, 0.6) is 0 Å². The maximum Gasteiger partial charge on any atom is 0.339 e. The van der Waals surface area contributed by atoms with E-state index < -0.39 is 11.9 Å². The van der Waals surface area contributed by atoms with Crippen molar-refractivity contribution in [1.82, 2.24) is 0 Å². The topological polar surface area (TPSA) is 68.5 Å². The number of methoxy groups -OCH3 is 1. The van der Waals surface area contributed by atoms with E-state index in [1.54, 1.807) is 24.3 Å². The number of rotatable bonds is 3. The number of para-hydroxylation sites is 1. The number of carbonyl (C=O) groups excluding carboxylic acids is 2. The first-order valence-corrected chi connectivity index (χ1v) is 7.49. The van der Waals surface area contributed by atoms with Gasteiger partial charge in [0.05, 0.1) is 18.4 Å². The Labute approximate surface area is 139 Å². The molecule has 1 aromatic heterocycles. The Morgan fingerprint density at radius 1 is 1.08 bits per heavy atom. The Kier molecular flexibility index (Phi) is 4.08. The number of amides is 1. The summed E-state index contributed by atoms with van der Waals surface area (Å²) >= 11 is 0. The van der Waals surface area contributed by atoms with Crippen molar-refractivity contribution in [2.24, 2.45) is 0 Å². The monoisotopic (exact) mass is 323 g/mol. The second-order valence-electron chi connectivity index (χ2n) is 5.55. The molecule has 0 bridgehead atoms. The lowest BCUT2D eigenvalue weighted by Gasteiger charge is -2.08. The van der Waals surface area contributed by atoms with Crippen LogP contribution in [0.2, 0.25) is 0 Å². The summed E-state index contributed by atoms with van der Waals surface area (Å²) in [6.45, 7) is 3.82. The molecule has 0 unspecified atom stereocenters. The Morgan fingerprint density at radius 3 is 2.58 bits per heavy atom. The number of aryl methyl sites for hydroxylation is 2. The Morgan fingerprint density at radius 2 is 1.83 bits per heavy atom. The number of hydrogen-bond donors (Lipinski definition) is 1. The fraction of sp³-hybridized carbons (Fsp3) is 0.158. The van der Waals surface area contributed by atoms with Gasteiger partial charge in [-0.2, -0.15) is 0 Å². The van der Waals surface area contributed by atoms with Crippen molar-refractivity contribution in [1.29, 1.82) is 0 Å². The standard InChI is InChI=1S/C19H17NO4/c1-11-8-9-16-14(10-11)12(2)17(24-16)18(21)20-15-7-5-4-6-13(15)19(22)23-3/h4-10H,1-3H3,(H,20,21). The van der Waals surface area contributed by atoms with Gasteiger partial charge in [-0.15, -0.1) is 0 Å². The zero-order valence-corrected chi connectivity index (χ0v) is 13.7. The highest BCUT2D eigenvalue weighted by atomic mass is 16.5. The van der Waals surface area contributed by atoms with Gasteiger partial charge in [-0.3, -0.25) is 4.79 Å². The molecule has 1 amide bonds. The predicted molar refractivity (Wildman–Crippen MR) is 91.4 cm³/mol. The summed E-state index contributed by atoms with van der Waals surface area (Å²) in [5.41, 5.74) is 3.18. The number of ether oxygens (including phenoxy) is 1. The molecule has 3 rings (SSSR count). The van der Waals surface area contributed by atoms with Gasteiger partial charge in [-0.25, -0.2) is 4.79 Å². The molecule has 0 aliphatic heterocycles. The van der Waals surface area contributed by atoms with Gasteiger partial charge in [0.25, 0.3) is 5.91 Å². The largest absolute Gasteiger partial charge is 0.465 e. The summed E-state index contributed by atoms with van der Waals surface area (Å²) in [5, 5.41) is 3.63. The van der Waals surface area contributed by atoms with E-state index >= 15 is 0 Å². The Hall–Kier alpha value is -3.08. The first-order chi connectivity index (χ1) is 11.5. The molecule has 5 heteroatoms. The van der Waals surface area contributed by atoms with Crippen molar-refractivity contribution < 1.29 is 18.7 Å². The van der Waals surface area contributed by atoms with Crippen molar-refractivity contribution in [3.8, 4) is 0 Å². The van der Waals surface area contributed by atoms with Crippen LogP contribution in [0.4, 0.5) is 5.69 Å². The fourth-order valence-electron chi connectivity index (χ4n) is 2.61. The van der Waals surface area contributed by atoms with E-state index in [2.05, 4.69) is 5.32 Å². The molecule has 1 N–H and O–H groups in total. The first kappa shape index (κ1) is 15.8. The summed E-state index contributed by atoms with van der Waals surface area (Å²) in [7, 11) is 1.30. The zero-order chi connectivity index (χ0) is 17.3. The van der Waals surface area contributed by atoms with Crippen molar-refractivity contribution in [3.05, 3.63) is 64.9 Å². The summed E-state index contributed by atoms with van der Waals surface area (Å²) in [4.78, 5) is 24.4. The van der Waals surface area contributed by atoms with E-state index in [4.69, 9.17) is 9.15 Å². The van der Waals surface area contributed by atoms with Crippen LogP contribution >= 0.6 is 0 Å². The molecule has 1 heterocycles. The molecule has 0 saturated carbocycles. The van der Waals surface area contributed by atoms with E-state index in [9.17, 15) is 9.59 Å². The molecule has 0 radical (unpaired) electrons. The summed E-state index contributed by atoms with van der Waals surface area (Å²) in [6, 6.07) is 12.4. The van der Waals surface area contributed by atoms with Crippen LogP contribution < -0.4 is 5.32 Å². The lowest BCUT2D eigenvalue weighted by atomic mass is 10.1. The highest BCUT2D eigenvalue weighted by molar-refractivity contribution is 6.09. The van der Waals surface area contributed by atoms with Crippen molar-refractivity contribution >= 4 is 28.5 Å². The molecule has 122 valence electrons. The molecule has 0 aliphatic rings. The highest BCUT2D eigenvalue weighted by Gasteiger charge is 2.20. The zero-order valence-electron chi connectivity index (χ0n) is 13.7. The van der Waals surface area contributed by atoms with Crippen LogP contribution in [-0.2, 0) is 4.74 Å². The molecule has 24 heavy (non-hydrogen) atoms. The Balaban J connectivity index is 1.97. The second-order valence-corrected chi connectivity index (χ2v) is 5.55. The number of anilines is 1. The third kappa shape index (κ3) is 2.76. The van der Waals surface area contributed by atoms with Crippen LogP contribution in [0.25, 0.3) is 11.0 Å². The van der Waals surface area contributed by atoms with E-state index in [0.717, 1.165) is 16.5 Å². The van der Waals surface area contributed by atoms with Crippen LogP contribution in [0, 0.1) is 13.8 Å². The molecule has 0 atom stereocenters. The lowest BCUT2D eigenvalue weighted by Crippen LogP contribution is -2.15. The lowest BCUT2D eigenvalue weighted by molar-refractivity contribution is 0.0602. The van der Waals surface area contributed by atoms with Crippen molar-refractivity contribution in [2.75, 3.05) is 12.4 Å². The van der Waals surface area contributed by atoms with Crippen molar-refractivity contribution in [2.45, 2.75) is 13.8 Å². The van der Waals surface area contributed by atoms with E-state index in [0.29, 0.717) is 11.3 Å². The van der Waals surface area contributed by atoms with Gasteiger partial charge in [0.1, 0.15) is 5.58 Å². The fourth-order valence-corrected chi connectivity index (χ4v) is 2.61. The number of esters is 1. The summed E-state index contributed by atoms with van der Waals surface area (Å²) < 4.78 is 10.4. The SMILES string of the molecule is COC(=O)c1ccccc1NC(=O)c1oc2ccc(C)cc2c1C. The second kappa shape index (κ2) is 6.20. The number of furan rings is 1. The third-order valence-corrected chi connectivity index (χ3v) is 3.88. The minimum absolute atomic E-state index is 0.232. The summed E-state index contributed by atoms with van der Waals surface area (Å²) in [6.07, 6.45) is 0. The minimum Gasteiger partial charge on any atom is -0.465 e. The number of nitrogens with one attached hydrogen (secondary N) is 1. The Bertz CT molecular complexity index is 940. The molecule has 0 fully saturated rings. The summed E-state index contributed by atoms with van der Waals surface area (Å²) in [5.74, 6) is -0.684. The molecule has 0 spiro atoms. The maximum absolute atomic E-state index is 12.6. The number of fused-ring (bicyclic) bond motifs is 1. The van der Waals surface area contributed by atoms with Gasteiger partial charge >= 0.3 is 5.97 Å².